The Bertz CT molecular complexity index is 691. The van der Waals surface area contributed by atoms with Gasteiger partial charge in [0.25, 0.3) is 0 Å². The molecule has 2 aromatic heterocycles. The van der Waals surface area contributed by atoms with Crippen molar-refractivity contribution in [3.63, 3.8) is 0 Å². The molecular weight excluding hydrogens is 262 g/mol. The molecule has 96 valence electrons. The van der Waals surface area contributed by atoms with Gasteiger partial charge in [-0.2, -0.15) is 0 Å². The fourth-order valence-corrected chi connectivity index (χ4v) is 1.93. The monoisotopic (exact) mass is 273 g/mol. The molecule has 0 amide bonds. The van der Waals surface area contributed by atoms with Gasteiger partial charge >= 0.3 is 0 Å². The third kappa shape index (κ3) is 2.53. The number of benzene rings is 1. The summed E-state index contributed by atoms with van der Waals surface area (Å²) in [6.07, 6.45) is 5.53. The smallest absolute Gasteiger partial charge is 0.234 e. The molecule has 0 saturated carbocycles. The van der Waals surface area contributed by atoms with Crippen molar-refractivity contribution < 1.29 is 4.74 Å². The summed E-state index contributed by atoms with van der Waals surface area (Å²) in [4.78, 5) is 8.53. The Morgan fingerprint density at radius 2 is 2.26 bits per heavy atom. The van der Waals surface area contributed by atoms with Crippen molar-refractivity contribution in [2.45, 2.75) is 13.5 Å². The van der Waals surface area contributed by atoms with Gasteiger partial charge in [-0.15, -0.1) is 0 Å². The lowest BCUT2D eigenvalue weighted by Crippen LogP contribution is -1.95. The third-order valence-corrected chi connectivity index (χ3v) is 3.23. The molecule has 0 aliphatic rings. The maximum Gasteiger partial charge on any atom is 0.234 e. The van der Waals surface area contributed by atoms with Crippen LogP contribution >= 0.6 is 11.6 Å². The quantitative estimate of drug-likeness (QED) is 0.735. The van der Waals surface area contributed by atoms with Gasteiger partial charge in [-0.3, -0.25) is 4.40 Å². The molecule has 0 spiro atoms. The van der Waals surface area contributed by atoms with Crippen molar-refractivity contribution in [2.24, 2.45) is 0 Å². The van der Waals surface area contributed by atoms with Crippen LogP contribution in [0.25, 0.3) is 5.78 Å². The Morgan fingerprint density at radius 3 is 3.05 bits per heavy atom. The van der Waals surface area contributed by atoms with Crippen LogP contribution in [0.15, 0.2) is 42.9 Å². The maximum absolute atomic E-state index is 5.97. The second kappa shape index (κ2) is 4.90. The molecule has 0 bridgehead atoms. The number of aromatic nitrogens is 3. The molecule has 0 unspecified atom stereocenters. The highest BCUT2D eigenvalue weighted by molar-refractivity contribution is 6.31. The van der Waals surface area contributed by atoms with Gasteiger partial charge in [-0.1, -0.05) is 11.6 Å². The van der Waals surface area contributed by atoms with Crippen molar-refractivity contribution in [2.75, 3.05) is 0 Å². The van der Waals surface area contributed by atoms with Gasteiger partial charge in [0.05, 0.1) is 5.69 Å². The summed E-state index contributed by atoms with van der Waals surface area (Å²) in [6.45, 7) is 2.36. The van der Waals surface area contributed by atoms with Gasteiger partial charge in [0.15, 0.2) is 0 Å². The predicted molar refractivity (Wildman–Crippen MR) is 73.5 cm³/mol. The average molecular weight is 274 g/mol. The van der Waals surface area contributed by atoms with E-state index >= 15 is 0 Å². The lowest BCUT2D eigenvalue weighted by atomic mass is 10.2. The molecular formula is C14H12ClN3O. The van der Waals surface area contributed by atoms with E-state index in [1.165, 1.54) is 0 Å². The van der Waals surface area contributed by atoms with E-state index in [0.29, 0.717) is 12.4 Å². The van der Waals surface area contributed by atoms with E-state index in [4.69, 9.17) is 16.3 Å². The number of ether oxygens (including phenoxy) is 1. The number of imidazole rings is 1. The molecule has 0 saturated heterocycles. The van der Waals surface area contributed by atoms with Crippen molar-refractivity contribution in [1.82, 2.24) is 14.4 Å². The minimum atomic E-state index is 0.407. The fourth-order valence-electron chi connectivity index (χ4n) is 1.81. The summed E-state index contributed by atoms with van der Waals surface area (Å²) >= 11 is 5.97. The zero-order valence-corrected chi connectivity index (χ0v) is 11.1. The summed E-state index contributed by atoms with van der Waals surface area (Å²) in [5, 5.41) is 0.740. The zero-order chi connectivity index (χ0) is 13.2. The molecule has 4 nitrogen and oxygen atoms in total. The standard InChI is InChI=1S/C14H12ClN3O/c1-10-7-12(3-4-13(10)15)19-9-11-8-18-6-2-5-16-14(18)17-11/h2-8H,9H2,1H3. The predicted octanol–water partition coefficient (Wildman–Crippen LogP) is 3.27. The molecule has 19 heavy (non-hydrogen) atoms. The Morgan fingerprint density at radius 1 is 1.37 bits per heavy atom. The van der Waals surface area contributed by atoms with Crippen LogP contribution in [-0.2, 0) is 6.61 Å². The minimum absolute atomic E-state index is 0.407. The summed E-state index contributed by atoms with van der Waals surface area (Å²) in [5.74, 6) is 1.46. The molecule has 5 heteroatoms. The largest absolute Gasteiger partial charge is 0.487 e. The lowest BCUT2D eigenvalue weighted by Gasteiger charge is -2.05. The molecule has 1 aromatic carbocycles. The molecule has 2 heterocycles. The second-order valence-corrected chi connectivity index (χ2v) is 4.67. The van der Waals surface area contributed by atoms with E-state index in [2.05, 4.69) is 9.97 Å². The molecule has 0 aliphatic heterocycles. The van der Waals surface area contributed by atoms with E-state index in [1.807, 2.05) is 48.0 Å². The van der Waals surface area contributed by atoms with Gasteiger partial charge < -0.3 is 4.74 Å². The van der Waals surface area contributed by atoms with Crippen molar-refractivity contribution in [3.05, 3.63) is 59.1 Å². The molecule has 0 aliphatic carbocycles. The van der Waals surface area contributed by atoms with Crippen molar-refractivity contribution in [1.29, 1.82) is 0 Å². The van der Waals surface area contributed by atoms with Crippen LogP contribution in [0.1, 0.15) is 11.3 Å². The van der Waals surface area contributed by atoms with E-state index in [-0.39, 0.29) is 0 Å². The molecule has 3 rings (SSSR count). The first-order valence-electron chi connectivity index (χ1n) is 5.90. The SMILES string of the molecule is Cc1cc(OCc2cn3cccnc3n2)ccc1Cl. The van der Waals surface area contributed by atoms with Crippen LogP contribution in [0.2, 0.25) is 5.02 Å². The number of rotatable bonds is 3. The van der Waals surface area contributed by atoms with E-state index in [1.54, 1.807) is 6.20 Å². The van der Waals surface area contributed by atoms with Crippen LogP contribution in [0, 0.1) is 6.92 Å². The minimum Gasteiger partial charge on any atom is -0.487 e. The summed E-state index contributed by atoms with van der Waals surface area (Å²) in [5.41, 5.74) is 1.84. The highest BCUT2D eigenvalue weighted by Gasteiger charge is 2.04. The van der Waals surface area contributed by atoms with E-state index in [9.17, 15) is 0 Å². The molecule has 0 N–H and O–H groups in total. The van der Waals surface area contributed by atoms with E-state index < -0.39 is 0 Å². The first-order chi connectivity index (χ1) is 9.22. The number of hydrogen-bond donors (Lipinski definition) is 0. The van der Waals surface area contributed by atoms with Gasteiger partial charge in [-0.25, -0.2) is 9.97 Å². The number of halogens is 1. The summed E-state index contributed by atoms with van der Waals surface area (Å²) in [7, 11) is 0. The van der Waals surface area contributed by atoms with Crippen LogP contribution in [0.5, 0.6) is 5.75 Å². The van der Waals surface area contributed by atoms with E-state index in [0.717, 1.165) is 22.0 Å². The Labute approximate surface area is 115 Å². The summed E-state index contributed by atoms with van der Waals surface area (Å²) in [6, 6.07) is 7.46. The normalized spacial score (nSPS) is 10.8. The Balaban J connectivity index is 1.76. The second-order valence-electron chi connectivity index (χ2n) is 4.26. The highest BCUT2D eigenvalue weighted by Crippen LogP contribution is 2.21. The average Bonchev–Trinajstić information content (AvgIpc) is 2.83. The zero-order valence-electron chi connectivity index (χ0n) is 10.4. The van der Waals surface area contributed by atoms with Crippen LogP contribution in [0.3, 0.4) is 0 Å². The number of nitrogens with zero attached hydrogens (tertiary/aromatic N) is 3. The van der Waals surface area contributed by atoms with Crippen molar-refractivity contribution in [3.8, 4) is 5.75 Å². The first kappa shape index (κ1) is 12.0. The number of aryl methyl sites for hydroxylation is 1. The third-order valence-electron chi connectivity index (χ3n) is 2.80. The maximum atomic E-state index is 5.97. The van der Waals surface area contributed by atoms with Crippen molar-refractivity contribution >= 4 is 17.4 Å². The molecule has 0 radical (unpaired) electrons. The Kier molecular flexibility index (Phi) is 3.09. The van der Waals surface area contributed by atoms with Gasteiger partial charge in [-0.05, 0) is 36.8 Å². The van der Waals surface area contributed by atoms with Crippen LogP contribution < -0.4 is 4.74 Å². The topological polar surface area (TPSA) is 39.4 Å². The number of fused-ring (bicyclic) bond motifs is 1. The lowest BCUT2D eigenvalue weighted by molar-refractivity contribution is 0.302. The van der Waals surface area contributed by atoms with Crippen LogP contribution in [0.4, 0.5) is 0 Å². The highest BCUT2D eigenvalue weighted by atomic mass is 35.5. The Hall–Kier alpha value is -2.07. The van der Waals surface area contributed by atoms with Gasteiger partial charge in [0, 0.05) is 23.6 Å². The van der Waals surface area contributed by atoms with Gasteiger partial charge in [0.1, 0.15) is 12.4 Å². The molecule has 3 aromatic rings. The van der Waals surface area contributed by atoms with Gasteiger partial charge in [0.2, 0.25) is 5.78 Å². The first-order valence-corrected chi connectivity index (χ1v) is 6.28. The number of hydrogen-bond acceptors (Lipinski definition) is 3. The fraction of sp³-hybridized carbons (Fsp3) is 0.143. The summed E-state index contributed by atoms with van der Waals surface area (Å²) < 4.78 is 7.56. The molecule has 0 fully saturated rings. The molecule has 0 atom stereocenters. The van der Waals surface area contributed by atoms with Crippen LogP contribution in [-0.4, -0.2) is 14.4 Å².